The molecule has 0 fully saturated rings. The first kappa shape index (κ1) is 12.2. The molecule has 0 atom stereocenters. The second-order valence-electron chi connectivity index (χ2n) is 4.01. The molecule has 5 nitrogen and oxygen atoms in total. The van der Waals surface area contributed by atoms with Gasteiger partial charge in [-0.25, -0.2) is 4.98 Å². The standard InChI is InChI=1S/C13H15N3O2/c1-10-3-4-11(18-10)5-6-13(17)16(2)9-12-14-7-8-15-12/h3-8H,9H2,1-2H3,(H,14,15). The van der Waals surface area contributed by atoms with Crippen LogP contribution in [-0.2, 0) is 11.3 Å². The number of hydrogen-bond donors (Lipinski definition) is 1. The van der Waals surface area contributed by atoms with Crippen molar-refractivity contribution in [2.75, 3.05) is 7.05 Å². The maximum absolute atomic E-state index is 11.8. The van der Waals surface area contributed by atoms with E-state index in [4.69, 9.17) is 4.42 Å². The molecule has 0 saturated heterocycles. The lowest BCUT2D eigenvalue weighted by Crippen LogP contribution is -2.24. The van der Waals surface area contributed by atoms with Crippen LogP contribution in [0.25, 0.3) is 6.08 Å². The molecule has 0 aliphatic heterocycles. The maximum atomic E-state index is 11.8. The molecule has 1 amide bonds. The fourth-order valence-corrected chi connectivity index (χ4v) is 1.51. The summed E-state index contributed by atoms with van der Waals surface area (Å²) < 4.78 is 5.34. The third kappa shape index (κ3) is 3.10. The summed E-state index contributed by atoms with van der Waals surface area (Å²) in [4.78, 5) is 20.4. The Hall–Kier alpha value is -2.30. The molecule has 0 aliphatic rings. The van der Waals surface area contributed by atoms with E-state index in [1.54, 1.807) is 30.4 Å². The zero-order valence-electron chi connectivity index (χ0n) is 10.4. The molecule has 5 heteroatoms. The molecule has 2 aromatic heterocycles. The summed E-state index contributed by atoms with van der Waals surface area (Å²) >= 11 is 0. The number of nitrogens with zero attached hydrogens (tertiary/aromatic N) is 2. The molecule has 0 aliphatic carbocycles. The number of H-pyrrole nitrogens is 1. The fourth-order valence-electron chi connectivity index (χ4n) is 1.51. The highest BCUT2D eigenvalue weighted by Crippen LogP contribution is 2.08. The van der Waals surface area contributed by atoms with Crippen molar-refractivity contribution in [2.24, 2.45) is 0 Å². The quantitative estimate of drug-likeness (QED) is 0.838. The van der Waals surface area contributed by atoms with E-state index in [0.717, 1.165) is 11.6 Å². The largest absolute Gasteiger partial charge is 0.462 e. The average molecular weight is 245 g/mol. The first-order valence-corrected chi connectivity index (χ1v) is 5.63. The minimum absolute atomic E-state index is 0.0968. The van der Waals surface area contributed by atoms with Crippen LogP contribution in [-0.4, -0.2) is 27.8 Å². The van der Waals surface area contributed by atoms with E-state index in [2.05, 4.69) is 9.97 Å². The molecule has 2 rings (SSSR count). The monoisotopic (exact) mass is 245 g/mol. The summed E-state index contributed by atoms with van der Waals surface area (Å²) in [6.45, 7) is 2.32. The number of nitrogens with one attached hydrogen (secondary N) is 1. The average Bonchev–Trinajstić information content (AvgIpc) is 2.97. The van der Waals surface area contributed by atoms with Gasteiger partial charge in [0.25, 0.3) is 0 Å². The van der Waals surface area contributed by atoms with Gasteiger partial charge in [-0.2, -0.15) is 0 Å². The second kappa shape index (κ2) is 5.35. The summed E-state index contributed by atoms with van der Waals surface area (Å²) in [6.07, 6.45) is 6.54. The number of carbonyl (C=O) groups excluding carboxylic acids is 1. The van der Waals surface area contributed by atoms with E-state index in [9.17, 15) is 4.79 Å². The number of aryl methyl sites for hydroxylation is 1. The third-order valence-electron chi connectivity index (χ3n) is 2.47. The number of imidazole rings is 1. The lowest BCUT2D eigenvalue weighted by Gasteiger charge is -2.12. The number of amides is 1. The molecule has 2 aromatic rings. The van der Waals surface area contributed by atoms with Crippen LogP contribution in [0.5, 0.6) is 0 Å². The van der Waals surface area contributed by atoms with Gasteiger partial charge in [0.2, 0.25) is 5.91 Å². The Labute approximate surface area is 105 Å². The van der Waals surface area contributed by atoms with Crippen molar-refractivity contribution in [1.29, 1.82) is 0 Å². The molecule has 0 radical (unpaired) electrons. The van der Waals surface area contributed by atoms with Gasteiger partial charge in [0.15, 0.2) is 0 Å². The molecule has 0 bridgehead atoms. The zero-order chi connectivity index (χ0) is 13.0. The van der Waals surface area contributed by atoms with Crippen LogP contribution in [0, 0.1) is 6.92 Å². The second-order valence-corrected chi connectivity index (χ2v) is 4.01. The van der Waals surface area contributed by atoms with Crippen LogP contribution in [0.15, 0.2) is 35.0 Å². The van der Waals surface area contributed by atoms with Gasteiger partial charge < -0.3 is 14.3 Å². The van der Waals surface area contributed by atoms with Crippen LogP contribution >= 0.6 is 0 Å². The van der Waals surface area contributed by atoms with Crippen molar-refractivity contribution in [3.05, 3.63) is 47.9 Å². The van der Waals surface area contributed by atoms with E-state index in [1.807, 2.05) is 19.1 Å². The van der Waals surface area contributed by atoms with Crippen molar-refractivity contribution < 1.29 is 9.21 Å². The Balaban J connectivity index is 1.93. The normalized spacial score (nSPS) is 11.0. The molecule has 2 heterocycles. The summed E-state index contributed by atoms with van der Waals surface area (Å²) in [6, 6.07) is 3.68. The molecule has 18 heavy (non-hydrogen) atoms. The molecule has 0 unspecified atom stereocenters. The van der Waals surface area contributed by atoms with Gasteiger partial charge in [0.05, 0.1) is 6.54 Å². The minimum Gasteiger partial charge on any atom is -0.462 e. The predicted octanol–water partition coefficient (Wildman–Crippen LogP) is 1.98. The Bertz CT molecular complexity index is 540. The van der Waals surface area contributed by atoms with Gasteiger partial charge in [-0.05, 0) is 25.1 Å². The van der Waals surface area contributed by atoms with Crippen LogP contribution < -0.4 is 0 Å². The molecule has 94 valence electrons. The first-order chi connectivity index (χ1) is 8.65. The Morgan fingerprint density at radius 1 is 1.56 bits per heavy atom. The first-order valence-electron chi connectivity index (χ1n) is 5.63. The molecule has 0 saturated carbocycles. The third-order valence-corrected chi connectivity index (χ3v) is 2.47. The van der Waals surface area contributed by atoms with E-state index >= 15 is 0 Å². The Morgan fingerprint density at radius 2 is 2.39 bits per heavy atom. The zero-order valence-corrected chi connectivity index (χ0v) is 10.4. The van der Waals surface area contributed by atoms with E-state index in [0.29, 0.717) is 12.3 Å². The van der Waals surface area contributed by atoms with Crippen LogP contribution in [0.4, 0.5) is 0 Å². The number of aromatic amines is 1. The van der Waals surface area contributed by atoms with E-state index < -0.39 is 0 Å². The molecular formula is C13H15N3O2. The predicted molar refractivity (Wildman–Crippen MR) is 67.5 cm³/mol. The van der Waals surface area contributed by atoms with Gasteiger partial charge >= 0.3 is 0 Å². The number of hydrogen-bond acceptors (Lipinski definition) is 3. The van der Waals surface area contributed by atoms with Crippen LogP contribution in [0.3, 0.4) is 0 Å². The number of likely N-dealkylation sites (N-methyl/N-ethyl adjacent to an activating group) is 1. The number of aromatic nitrogens is 2. The summed E-state index contributed by atoms with van der Waals surface area (Å²) in [5.74, 6) is 2.16. The van der Waals surface area contributed by atoms with Gasteiger partial charge in [-0.1, -0.05) is 0 Å². The van der Waals surface area contributed by atoms with Crippen LogP contribution in [0.1, 0.15) is 17.3 Å². The lowest BCUT2D eigenvalue weighted by atomic mass is 10.3. The number of furan rings is 1. The number of carbonyl (C=O) groups is 1. The highest BCUT2D eigenvalue weighted by atomic mass is 16.3. The van der Waals surface area contributed by atoms with Gasteiger partial charge in [-0.15, -0.1) is 0 Å². The highest BCUT2D eigenvalue weighted by molar-refractivity contribution is 5.91. The van der Waals surface area contributed by atoms with Gasteiger partial charge in [-0.3, -0.25) is 4.79 Å². The molecule has 1 N–H and O–H groups in total. The minimum atomic E-state index is -0.0968. The maximum Gasteiger partial charge on any atom is 0.246 e. The van der Waals surface area contributed by atoms with E-state index in [-0.39, 0.29) is 5.91 Å². The fraction of sp³-hybridized carbons (Fsp3) is 0.231. The van der Waals surface area contributed by atoms with Crippen molar-refractivity contribution in [1.82, 2.24) is 14.9 Å². The van der Waals surface area contributed by atoms with Gasteiger partial charge in [0, 0.05) is 25.5 Å². The summed E-state index contributed by atoms with van der Waals surface area (Å²) in [5, 5.41) is 0. The lowest BCUT2D eigenvalue weighted by molar-refractivity contribution is -0.125. The van der Waals surface area contributed by atoms with Crippen molar-refractivity contribution in [3.8, 4) is 0 Å². The topological polar surface area (TPSA) is 62.1 Å². The Kier molecular flexibility index (Phi) is 3.62. The van der Waals surface area contributed by atoms with Gasteiger partial charge in [0.1, 0.15) is 17.3 Å². The summed E-state index contributed by atoms with van der Waals surface area (Å²) in [5.41, 5.74) is 0. The number of rotatable bonds is 4. The summed E-state index contributed by atoms with van der Waals surface area (Å²) in [7, 11) is 1.72. The molecule has 0 aromatic carbocycles. The van der Waals surface area contributed by atoms with Crippen molar-refractivity contribution in [2.45, 2.75) is 13.5 Å². The van der Waals surface area contributed by atoms with Crippen molar-refractivity contribution >= 4 is 12.0 Å². The SMILES string of the molecule is Cc1ccc(C=CC(=O)N(C)Cc2ncc[nH]2)o1. The molecule has 0 spiro atoms. The van der Waals surface area contributed by atoms with Crippen LogP contribution in [0.2, 0.25) is 0 Å². The Morgan fingerprint density at radius 3 is 3.00 bits per heavy atom. The molecular weight excluding hydrogens is 230 g/mol. The van der Waals surface area contributed by atoms with Crippen molar-refractivity contribution in [3.63, 3.8) is 0 Å². The highest BCUT2D eigenvalue weighted by Gasteiger charge is 2.07. The van der Waals surface area contributed by atoms with E-state index in [1.165, 1.54) is 6.08 Å². The smallest absolute Gasteiger partial charge is 0.246 e.